The van der Waals surface area contributed by atoms with Gasteiger partial charge in [0.2, 0.25) is 0 Å². The summed E-state index contributed by atoms with van der Waals surface area (Å²) < 4.78 is 11.7. The lowest BCUT2D eigenvalue weighted by atomic mass is 10.1. The molecular formula is C12H17BrO3. The second-order valence-electron chi connectivity index (χ2n) is 3.73. The predicted octanol–water partition coefficient (Wildman–Crippen LogP) is 2.66. The molecule has 0 saturated carbocycles. The Morgan fingerprint density at radius 1 is 1.44 bits per heavy atom. The first kappa shape index (κ1) is 13.5. The summed E-state index contributed by atoms with van der Waals surface area (Å²) in [5, 5.41) is 9.26. The maximum atomic E-state index is 9.26. The van der Waals surface area contributed by atoms with Gasteiger partial charge in [0.15, 0.2) is 0 Å². The first-order valence-electron chi connectivity index (χ1n) is 5.14. The highest BCUT2D eigenvalue weighted by molar-refractivity contribution is 9.10. The fourth-order valence-corrected chi connectivity index (χ4v) is 2.01. The van der Waals surface area contributed by atoms with Crippen molar-refractivity contribution in [2.24, 2.45) is 0 Å². The van der Waals surface area contributed by atoms with Gasteiger partial charge in [-0.1, -0.05) is 15.9 Å². The number of rotatable bonds is 5. The van der Waals surface area contributed by atoms with Crippen LogP contribution in [-0.2, 0) is 11.3 Å². The Kier molecular flexibility index (Phi) is 5.25. The number of aliphatic hydroxyl groups is 1. The third-order valence-electron chi connectivity index (χ3n) is 2.35. The standard InChI is InChI=1S/C12H17BrO3/c1-8-4-11(13)5-10(6-14)12(8)16-7-9(2)15-3/h4-5,9,14H,6-7H2,1-3H3. The van der Waals surface area contributed by atoms with E-state index in [2.05, 4.69) is 15.9 Å². The van der Waals surface area contributed by atoms with E-state index in [9.17, 15) is 5.11 Å². The molecule has 3 nitrogen and oxygen atoms in total. The van der Waals surface area contributed by atoms with Crippen molar-refractivity contribution in [3.05, 3.63) is 27.7 Å². The van der Waals surface area contributed by atoms with E-state index in [1.54, 1.807) is 7.11 Å². The summed E-state index contributed by atoms with van der Waals surface area (Å²) in [5.41, 5.74) is 1.79. The minimum Gasteiger partial charge on any atom is -0.490 e. The summed E-state index contributed by atoms with van der Waals surface area (Å²) in [6, 6.07) is 3.83. The minimum absolute atomic E-state index is 0.0308. The zero-order chi connectivity index (χ0) is 12.1. The van der Waals surface area contributed by atoms with Gasteiger partial charge in [0.05, 0.1) is 12.7 Å². The first-order valence-corrected chi connectivity index (χ1v) is 5.93. The summed E-state index contributed by atoms with van der Waals surface area (Å²) in [7, 11) is 1.65. The van der Waals surface area contributed by atoms with Gasteiger partial charge in [-0.3, -0.25) is 0 Å². The largest absolute Gasteiger partial charge is 0.490 e. The maximum absolute atomic E-state index is 9.26. The van der Waals surface area contributed by atoms with Crippen LogP contribution in [0.4, 0.5) is 0 Å². The lowest BCUT2D eigenvalue weighted by Gasteiger charge is -2.16. The van der Waals surface area contributed by atoms with E-state index in [0.717, 1.165) is 21.3 Å². The highest BCUT2D eigenvalue weighted by Gasteiger charge is 2.10. The molecule has 1 unspecified atom stereocenters. The van der Waals surface area contributed by atoms with Crippen molar-refractivity contribution in [3.63, 3.8) is 0 Å². The van der Waals surface area contributed by atoms with Crippen molar-refractivity contribution in [1.82, 2.24) is 0 Å². The summed E-state index contributed by atoms with van der Waals surface area (Å²) >= 11 is 3.39. The molecule has 1 rings (SSSR count). The van der Waals surface area contributed by atoms with Crippen LogP contribution >= 0.6 is 15.9 Å². The van der Waals surface area contributed by atoms with Crippen LogP contribution in [0.2, 0.25) is 0 Å². The maximum Gasteiger partial charge on any atom is 0.127 e. The van der Waals surface area contributed by atoms with Crippen LogP contribution in [0.25, 0.3) is 0 Å². The molecule has 1 atom stereocenters. The van der Waals surface area contributed by atoms with Crippen LogP contribution < -0.4 is 4.74 Å². The fourth-order valence-electron chi connectivity index (χ4n) is 1.39. The van der Waals surface area contributed by atoms with E-state index in [4.69, 9.17) is 9.47 Å². The monoisotopic (exact) mass is 288 g/mol. The van der Waals surface area contributed by atoms with Gasteiger partial charge in [-0.05, 0) is 31.5 Å². The minimum atomic E-state index is -0.0308. The third-order valence-corrected chi connectivity index (χ3v) is 2.81. The number of ether oxygens (including phenoxy) is 2. The highest BCUT2D eigenvalue weighted by Crippen LogP contribution is 2.28. The van der Waals surface area contributed by atoms with Crippen molar-refractivity contribution < 1.29 is 14.6 Å². The van der Waals surface area contributed by atoms with Gasteiger partial charge in [0, 0.05) is 17.1 Å². The molecule has 16 heavy (non-hydrogen) atoms. The molecule has 0 aliphatic heterocycles. The van der Waals surface area contributed by atoms with E-state index in [-0.39, 0.29) is 12.7 Å². The normalized spacial score (nSPS) is 12.6. The Hall–Kier alpha value is -0.580. The number of hydrogen-bond donors (Lipinski definition) is 1. The van der Waals surface area contributed by atoms with Crippen LogP contribution in [0.5, 0.6) is 5.75 Å². The SMILES string of the molecule is COC(C)COc1c(C)cc(Br)cc1CO. The fraction of sp³-hybridized carbons (Fsp3) is 0.500. The molecule has 0 spiro atoms. The molecule has 1 N–H and O–H groups in total. The van der Waals surface area contributed by atoms with E-state index in [1.165, 1.54) is 0 Å². The number of benzene rings is 1. The van der Waals surface area contributed by atoms with Gasteiger partial charge in [0.1, 0.15) is 12.4 Å². The summed E-state index contributed by atoms with van der Waals surface area (Å²) in [4.78, 5) is 0. The van der Waals surface area contributed by atoms with Crippen molar-refractivity contribution in [2.45, 2.75) is 26.6 Å². The number of aliphatic hydroxyl groups excluding tert-OH is 1. The van der Waals surface area contributed by atoms with E-state index >= 15 is 0 Å². The third kappa shape index (κ3) is 3.47. The van der Waals surface area contributed by atoms with Gasteiger partial charge in [0.25, 0.3) is 0 Å². The van der Waals surface area contributed by atoms with E-state index in [0.29, 0.717) is 6.61 Å². The zero-order valence-electron chi connectivity index (χ0n) is 9.79. The second kappa shape index (κ2) is 6.23. The number of methoxy groups -OCH3 is 1. The highest BCUT2D eigenvalue weighted by atomic mass is 79.9. The lowest BCUT2D eigenvalue weighted by molar-refractivity contribution is 0.0705. The predicted molar refractivity (Wildman–Crippen MR) is 66.8 cm³/mol. The van der Waals surface area contributed by atoms with Crippen molar-refractivity contribution >= 4 is 15.9 Å². The summed E-state index contributed by atoms with van der Waals surface area (Å²) in [6.07, 6.45) is 0.0367. The Balaban J connectivity index is 2.85. The van der Waals surface area contributed by atoms with Gasteiger partial charge in [-0.2, -0.15) is 0 Å². The van der Waals surface area contributed by atoms with Crippen LogP contribution in [0.15, 0.2) is 16.6 Å². The van der Waals surface area contributed by atoms with Crippen molar-refractivity contribution in [1.29, 1.82) is 0 Å². The van der Waals surface area contributed by atoms with Crippen molar-refractivity contribution in [2.75, 3.05) is 13.7 Å². The lowest BCUT2D eigenvalue weighted by Crippen LogP contribution is -2.17. The molecular weight excluding hydrogens is 272 g/mol. The van der Waals surface area contributed by atoms with Crippen LogP contribution in [0.3, 0.4) is 0 Å². The summed E-state index contributed by atoms with van der Waals surface area (Å²) in [5.74, 6) is 0.745. The van der Waals surface area contributed by atoms with Crippen LogP contribution in [0, 0.1) is 6.92 Å². The zero-order valence-corrected chi connectivity index (χ0v) is 11.4. The number of hydrogen-bond acceptors (Lipinski definition) is 3. The van der Waals surface area contributed by atoms with Crippen molar-refractivity contribution in [3.8, 4) is 5.75 Å². The molecule has 0 aliphatic rings. The molecule has 0 amide bonds. The molecule has 0 saturated heterocycles. The molecule has 4 heteroatoms. The average molecular weight is 289 g/mol. The second-order valence-corrected chi connectivity index (χ2v) is 4.64. The molecule has 0 radical (unpaired) electrons. The Morgan fingerprint density at radius 2 is 2.12 bits per heavy atom. The first-order chi connectivity index (χ1) is 7.58. The molecule has 1 aromatic rings. The molecule has 0 aliphatic carbocycles. The molecule has 0 bridgehead atoms. The number of aryl methyl sites for hydroxylation is 1. The molecule has 90 valence electrons. The molecule has 0 aromatic heterocycles. The van der Waals surface area contributed by atoms with E-state index in [1.807, 2.05) is 26.0 Å². The molecule has 0 heterocycles. The topological polar surface area (TPSA) is 38.7 Å². The Labute approximate surface area is 105 Å². The summed E-state index contributed by atoms with van der Waals surface area (Å²) in [6.45, 7) is 4.34. The van der Waals surface area contributed by atoms with Gasteiger partial charge in [-0.15, -0.1) is 0 Å². The van der Waals surface area contributed by atoms with E-state index < -0.39 is 0 Å². The van der Waals surface area contributed by atoms with Crippen LogP contribution in [0.1, 0.15) is 18.1 Å². The number of halogens is 1. The average Bonchev–Trinajstić information content (AvgIpc) is 2.26. The smallest absolute Gasteiger partial charge is 0.127 e. The quantitative estimate of drug-likeness (QED) is 0.905. The Morgan fingerprint density at radius 3 is 2.69 bits per heavy atom. The van der Waals surface area contributed by atoms with Gasteiger partial charge >= 0.3 is 0 Å². The molecule has 1 aromatic carbocycles. The van der Waals surface area contributed by atoms with Gasteiger partial charge < -0.3 is 14.6 Å². The Bertz CT molecular complexity index is 352. The van der Waals surface area contributed by atoms with Crippen LogP contribution in [-0.4, -0.2) is 24.9 Å². The molecule has 0 fully saturated rings. The van der Waals surface area contributed by atoms with Gasteiger partial charge in [-0.25, -0.2) is 0 Å².